The number of benzene rings is 3. The summed E-state index contributed by atoms with van der Waals surface area (Å²) >= 11 is 0.600. The highest BCUT2D eigenvalue weighted by molar-refractivity contribution is 7.22. The van der Waals surface area contributed by atoms with Gasteiger partial charge in [0.05, 0.1) is 22.3 Å². The number of carbonyl (C=O) groups is 2. The molecule has 0 atom stereocenters. The first-order valence-electron chi connectivity index (χ1n) is 14.1. The standard InChI is InChI=1S/C31H28F4N8O2S/c1-37-42-28(41-36)39-27(44)21-9-7-18(8-10-21)17-43(23-13-11-20(12-14-23)19-5-3-2-4-6-19)30(45)40-29-38-25-16-22(32)15-24(26(25)46-29)31(33,34)35/h5,7-16,36-37H,2-4,6,17H2,1H3,(H,38,40,45)(H,39,42,44). The topological polar surface area (TPSA) is 135 Å². The average molecular weight is 653 g/mol. The quantitative estimate of drug-likeness (QED) is 0.0531. The number of carbonyl (C=O) groups excluding carboxylic acids is 2. The van der Waals surface area contributed by atoms with Gasteiger partial charge in [-0.25, -0.2) is 19.7 Å². The van der Waals surface area contributed by atoms with Crippen LogP contribution in [0.4, 0.5) is 33.2 Å². The molecule has 1 aromatic heterocycles. The Labute approximate surface area is 264 Å². The van der Waals surface area contributed by atoms with Crippen molar-refractivity contribution in [1.82, 2.24) is 15.7 Å². The number of fused-ring (bicyclic) bond motifs is 1. The zero-order valence-corrected chi connectivity index (χ0v) is 25.2. The monoisotopic (exact) mass is 652 g/mol. The Bertz CT molecular complexity index is 1820. The van der Waals surface area contributed by atoms with Crippen LogP contribution in [0.3, 0.4) is 0 Å². The number of thiazole rings is 1. The number of hydrazone groups is 1. The van der Waals surface area contributed by atoms with Gasteiger partial charge in [0.2, 0.25) is 0 Å². The highest BCUT2D eigenvalue weighted by Crippen LogP contribution is 2.39. The van der Waals surface area contributed by atoms with E-state index in [1.165, 1.54) is 29.7 Å². The highest BCUT2D eigenvalue weighted by atomic mass is 32.1. The second kappa shape index (κ2) is 13.9. The third-order valence-corrected chi connectivity index (χ3v) is 8.19. The van der Waals surface area contributed by atoms with Gasteiger partial charge < -0.3 is 5.43 Å². The maximum Gasteiger partial charge on any atom is 0.417 e. The Morgan fingerprint density at radius 2 is 1.80 bits per heavy atom. The third-order valence-electron chi connectivity index (χ3n) is 7.17. The lowest BCUT2D eigenvalue weighted by Crippen LogP contribution is -2.34. The minimum absolute atomic E-state index is 0.0254. The van der Waals surface area contributed by atoms with Crippen molar-refractivity contribution in [2.45, 2.75) is 38.4 Å². The summed E-state index contributed by atoms with van der Waals surface area (Å²) in [5.74, 6) is -1.87. The van der Waals surface area contributed by atoms with Gasteiger partial charge in [0, 0.05) is 24.4 Å². The molecule has 0 saturated carbocycles. The van der Waals surface area contributed by atoms with E-state index >= 15 is 0 Å². The molecule has 1 aliphatic carbocycles. The Morgan fingerprint density at radius 1 is 1.07 bits per heavy atom. The smallest absolute Gasteiger partial charge is 0.310 e. The average Bonchev–Trinajstić information content (AvgIpc) is 3.45. The molecule has 5 rings (SSSR count). The summed E-state index contributed by atoms with van der Waals surface area (Å²) in [5, 5.41) is 11.6. The Balaban J connectivity index is 1.42. The first-order valence-corrected chi connectivity index (χ1v) is 14.9. The van der Waals surface area contributed by atoms with Crippen LogP contribution in [-0.4, -0.2) is 29.9 Å². The van der Waals surface area contributed by atoms with Crippen molar-refractivity contribution in [1.29, 1.82) is 5.53 Å². The summed E-state index contributed by atoms with van der Waals surface area (Å²) in [4.78, 5) is 31.7. The molecule has 238 valence electrons. The van der Waals surface area contributed by atoms with Crippen LogP contribution >= 0.6 is 11.3 Å². The van der Waals surface area contributed by atoms with Crippen molar-refractivity contribution < 1.29 is 27.2 Å². The summed E-state index contributed by atoms with van der Waals surface area (Å²) < 4.78 is 54.4. The number of amides is 3. The fourth-order valence-corrected chi connectivity index (χ4v) is 5.93. The molecule has 4 aromatic rings. The first kappa shape index (κ1) is 32.2. The molecule has 0 radical (unpaired) electrons. The van der Waals surface area contributed by atoms with E-state index in [0.717, 1.165) is 37.3 Å². The molecule has 46 heavy (non-hydrogen) atoms. The molecule has 1 heterocycles. The minimum atomic E-state index is -4.81. The van der Waals surface area contributed by atoms with Crippen molar-refractivity contribution in [3.63, 3.8) is 0 Å². The van der Waals surface area contributed by atoms with E-state index < -0.39 is 29.5 Å². The molecule has 0 spiro atoms. The maximum atomic E-state index is 14.0. The summed E-state index contributed by atoms with van der Waals surface area (Å²) in [6, 6.07) is 14.3. The predicted molar refractivity (Wildman–Crippen MR) is 168 cm³/mol. The molecule has 10 nitrogen and oxygen atoms in total. The van der Waals surface area contributed by atoms with Crippen LogP contribution in [0.2, 0.25) is 0 Å². The lowest BCUT2D eigenvalue weighted by Gasteiger charge is -2.23. The van der Waals surface area contributed by atoms with Gasteiger partial charge in [0.25, 0.3) is 11.9 Å². The van der Waals surface area contributed by atoms with Crippen LogP contribution in [-0.2, 0) is 12.7 Å². The number of nitrogens with one attached hydrogen (secondary N) is 4. The molecule has 0 aliphatic heterocycles. The normalized spacial score (nSPS) is 13.6. The first-order chi connectivity index (χ1) is 22.0. The zero-order chi connectivity index (χ0) is 32.8. The number of guanidine groups is 1. The van der Waals surface area contributed by atoms with Gasteiger partial charge in [0.1, 0.15) is 5.82 Å². The molecule has 0 saturated heterocycles. The molecule has 15 heteroatoms. The van der Waals surface area contributed by atoms with E-state index in [-0.39, 0.29) is 33.4 Å². The Hall–Kier alpha value is -5.18. The van der Waals surface area contributed by atoms with Gasteiger partial charge in [-0.2, -0.15) is 13.2 Å². The van der Waals surface area contributed by atoms with Crippen molar-refractivity contribution >= 4 is 55.8 Å². The summed E-state index contributed by atoms with van der Waals surface area (Å²) in [6.45, 7) is 0.0254. The van der Waals surface area contributed by atoms with Crippen molar-refractivity contribution in [3.05, 3.63) is 94.8 Å². The van der Waals surface area contributed by atoms with Crippen LogP contribution < -0.4 is 21.0 Å². The number of rotatable bonds is 7. The van der Waals surface area contributed by atoms with Crippen LogP contribution in [0, 0.1) is 11.3 Å². The van der Waals surface area contributed by atoms with Crippen molar-refractivity contribution in [3.8, 4) is 0 Å². The van der Waals surface area contributed by atoms with Gasteiger partial charge in [-0.05, 0) is 72.7 Å². The van der Waals surface area contributed by atoms with Gasteiger partial charge >= 0.3 is 12.2 Å². The molecule has 3 aromatic carbocycles. The lowest BCUT2D eigenvalue weighted by atomic mass is 9.93. The molecule has 0 unspecified atom stereocenters. The van der Waals surface area contributed by atoms with Crippen LogP contribution in [0.15, 0.2) is 77.0 Å². The van der Waals surface area contributed by atoms with Gasteiger partial charge in [-0.1, -0.05) is 41.7 Å². The van der Waals surface area contributed by atoms with Crippen molar-refractivity contribution in [2.75, 3.05) is 17.3 Å². The number of hydrogen-bond donors (Lipinski definition) is 4. The van der Waals surface area contributed by atoms with E-state index in [1.54, 1.807) is 24.3 Å². The Kier molecular flexibility index (Phi) is 9.70. The number of aromatic nitrogens is 1. The molecule has 3 amide bonds. The number of urea groups is 1. The van der Waals surface area contributed by atoms with Crippen LogP contribution in [0.1, 0.15) is 52.7 Å². The molecule has 1 aliphatic rings. The molecule has 0 bridgehead atoms. The number of nitrogens with zero attached hydrogens (tertiary/aromatic N) is 4. The fourth-order valence-electron chi connectivity index (χ4n) is 4.96. The van der Waals surface area contributed by atoms with E-state index in [2.05, 4.69) is 37.3 Å². The SMILES string of the molecule is CN/N=C(\N=N)NC(=O)c1ccc(CN(C(=O)Nc2nc3cc(F)cc(C(F)(F)F)c3s2)c2ccc(C3=CCCCC3)cc2)cc1. The van der Waals surface area contributed by atoms with E-state index in [9.17, 15) is 27.2 Å². The fraction of sp³-hybridized carbons (Fsp3) is 0.226. The second-order valence-corrected chi connectivity index (χ2v) is 11.3. The highest BCUT2D eigenvalue weighted by Gasteiger charge is 2.35. The number of hydrogen-bond acceptors (Lipinski definition) is 7. The van der Waals surface area contributed by atoms with E-state index in [1.807, 2.05) is 12.1 Å². The second-order valence-electron chi connectivity index (χ2n) is 10.3. The summed E-state index contributed by atoms with van der Waals surface area (Å²) in [7, 11) is 1.49. The predicted octanol–water partition coefficient (Wildman–Crippen LogP) is 7.90. The summed E-state index contributed by atoms with van der Waals surface area (Å²) in [5.41, 5.74) is 11.8. The van der Waals surface area contributed by atoms with Crippen LogP contribution in [0.25, 0.3) is 15.8 Å². The van der Waals surface area contributed by atoms with Crippen molar-refractivity contribution in [2.24, 2.45) is 10.2 Å². The zero-order valence-electron chi connectivity index (χ0n) is 24.4. The van der Waals surface area contributed by atoms with Crippen LogP contribution in [0.5, 0.6) is 0 Å². The maximum absolute atomic E-state index is 14.0. The molecule has 4 N–H and O–H groups in total. The third kappa shape index (κ3) is 7.54. The van der Waals surface area contributed by atoms with Gasteiger partial charge in [0.15, 0.2) is 5.13 Å². The molecular weight excluding hydrogens is 624 g/mol. The Morgan fingerprint density at radius 3 is 2.43 bits per heavy atom. The number of halogens is 4. The molecular formula is C31H28F4N8O2S. The van der Waals surface area contributed by atoms with Gasteiger partial charge in [-0.15, -0.1) is 10.2 Å². The van der Waals surface area contributed by atoms with Gasteiger partial charge in [-0.3, -0.25) is 20.3 Å². The minimum Gasteiger partial charge on any atom is -0.310 e. The number of allylic oxidation sites excluding steroid dienone is 2. The molecule has 0 fully saturated rings. The van der Waals surface area contributed by atoms with E-state index in [4.69, 9.17) is 5.53 Å². The number of anilines is 2. The largest absolute Gasteiger partial charge is 0.417 e. The van der Waals surface area contributed by atoms with E-state index in [0.29, 0.717) is 28.7 Å². The number of alkyl halides is 3. The lowest BCUT2D eigenvalue weighted by molar-refractivity contribution is -0.136. The summed E-state index contributed by atoms with van der Waals surface area (Å²) in [6.07, 6.45) is 1.60.